The molecule has 0 radical (unpaired) electrons. The SMILES string of the molecule is CC#CCOc1ccc(N2CC(CC(C)(C(=O)NO)S(=O)O)OC2=O)cc1. The van der Waals surface area contributed by atoms with Gasteiger partial charge in [-0.25, -0.2) is 14.5 Å². The van der Waals surface area contributed by atoms with Gasteiger partial charge in [0.15, 0.2) is 15.8 Å². The molecule has 1 heterocycles. The summed E-state index contributed by atoms with van der Waals surface area (Å²) in [4.78, 5) is 25.2. The number of hydrogen-bond donors (Lipinski definition) is 3. The second-order valence-corrected chi connectivity index (χ2v) is 7.35. The second kappa shape index (κ2) is 8.85. The monoisotopic (exact) mass is 396 g/mol. The number of anilines is 1. The van der Waals surface area contributed by atoms with E-state index in [0.29, 0.717) is 11.4 Å². The zero-order chi connectivity index (χ0) is 20.0. The highest BCUT2D eigenvalue weighted by atomic mass is 32.2. The smallest absolute Gasteiger partial charge is 0.414 e. The van der Waals surface area contributed by atoms with E-state index in [9.17, 15) is 18.4 Å². The molecule has 0 bridgehead atoms. The summed E-state index contributed by atoms with van der Waals surface area (Å²) in [5.74, 6) is 5.05. The van der Waals surface area contributed by atoms with E-state index in [2.05, 4.69) is 11.8 Å². The maximum absolute atomic E-state index is 12.1. The minimum Gasteiger partial charge on any atom is -0.481 e. The maximum Gasteiger partial charge on any atom is 0.414 e. The van der Waals surface area contributed by atoms with Crippen LogP contribution >= 0.6 is 0 Å². The number of nitrogens with one attached hydrogen (secondary N) is 1. The second-order valence-electron chi connectivity index (χ2n) is 5.95. The molecule has 1 saturated heterocycles. The number of benzene rings is 1. The van der Waals surface area contributed by atoms with Crippen LogP contribution < -0.4 is 15.1 Å². The number of carbonyl (C=O) groups excluding carboxylic acids is 2. The molecule has 27 heavy (non-hydrogen) atoms. The normalized spacial score (nSPS) is 19.3. The standard InChI is InChI=1S/C17H20N2O7S/c1-3-4-9-25-13-7-5-12(6-8-13)19-11-14(26-16(19)21)10-17(2,27(23)24)15(20)18-22/h5-8,14,22H,9-11H2,1-2H3,(H,18,20)(H,23,24). The summed E-state index contributed by atoms with van der Waals surface area (Å²) in [6.45, 7) is 3.26. The van der Waals surface area contributed by atoms with Crippen molar-refractivity contribution in [3.63, 3.8) is 0 Å². The lowest BCUT2D eigenvalue weighted by Gasteiger charge is -2.25. The third kappa shape index (κ3) is 4.77. The molecule has 1 aliphatic heterocycles. The molecule has 0 aromatic heterocycles. The highest BCUT2D eigenvalue weighted by Gasteiger charge is 2.45. The van der Waals surface area contributed by atoms with E-state index in [-0.39, 0.29) is 19.6 Å². The van der Waals surface area contributed by atoms with Crippen LogP contribution in [-0.2, 0) is 20.6 Å². The molecule has 0 spiro atoms. The molecular formula is C17H20N2O7S. The Morgan fingerprint density at radius 3 is 2.70 bits per heavy atom. The fraction of sp³-hybridized carbons (Fsp3) is 0.412. The Morgan fingerprint density at radius 1 is 1.48 bits per heavy atom. The first kappa shape index (κ1) is 20.7. The van der Waals surface area contributed by atoms with Crippen molar-refractivity contribution in [3.05, 3.63) is 24.3 Å². The Kier molecular flexibility index (Phi) is 6.79. The van der Waals surface area contributed by atoms with E-state index < -0.39 is 33.9 Å². The summed E-state index contributed by atoms with van der Waals surface area (Å²) < 4.78 is 29.8. The van der Waals surface area contributed by atoms with E-state index in [1.54, 1.807) is 31.2 Å². The van der Waals surface area contributed by atoms with Gasteiger partial charge in [0.2, 0.25) is 0 Å². The number of hydroxylamine groups is 1. The van der Waals surface area contributed by atoms with Crippen LogP contribution in [0.3, 0.4) is 0 Å². The molecule has 9 nitrogen and oxygen atoms in total. The summed E-state index contributed by atoms with van der Waals surface area (Å²) in [7, 11) is 0. The van der Waals surface area contributed by atoms with E-state index in [0.717, 1.165) is 0 Å². The predicted octanol–water partition coefficient (Wildman–Crippen LogP) is 1.29. The van der Waals surface area contributed by atoms with Crippen LogP contribution in [0.15, 0.2) is 24.3 Å². The first-order valence-electron chi connectivity index (χ1n) is 7.98. The zero-order valence-corrected chi connectivity index (χ0v) is 15.6. The van der Waals surface area contributed by atoms with Gasteiger partial charge >= 0.3 is 6.09 Å². The van der Waals surface area contributed by atoms with E-state index in [1.165, 1.54) is 17.3 Å². The molecule has 3 N–H and O–H groups in total. The van der Waals surface area contributed by atoms with Gasteiger partial charge in [-0.15, -0.1) is 5.92 Å². The largest absolute Gasteiger partial charge is 0.481 e. The lowest BCUT2D eigenvalue weighted by Crippen LogP contribution is -2.49. The first-order valence-corrected chi connectivity index (χ1v) is 9.08. The molecule has 1 aliphatic rings. The van der Waals surface area contributed by atoms with Gasteiger partial charge < -0.3 is 14.0 Å². The molecule has 10 heteroatoms. The van der Waals surface area contributed by atoms with Crippen molar-refractivity contribution < 1.29 is 33.0 Å². The maximum atomic E-state index is 12.1. The third-order valence-electron chi connectivity index (χ3n) is 4.09. The molecule has 1 aromatic rings. The topological polar surface area (TPSA) is 125 Å². The molecule has 3 atom stereocenters. The zero-order valence-electron chi connectivity index (χ0n) is 14.8. The minimum atomic E-state index is -2.58. The Balaban J connectivity index is 2.07. The summed E-state index contributed by atoms with van der Waals surface area (Å²) in [5.41, 5.74) is 1.92. The Morgan fingerprint density at radius 2 is 2.15 bits per heavy atom. The molecule has 2 rings (SSSR count). The van der Waals surface area contributed by atoms with Crippen LogP contribution in [0.1, 0.15) is 20.3 Å². The van der Waals surface area contributed by atoms with Crippen LogP contribution in [0, 0.1) is 11.8 Å². The molecule has 146 valence electrons. The van der Waals surface area contributed by atoms with Gasteiger partial charge in [0.25, 0.3) is 5.91 Å². The summed E-state index contributed by atoms with van der Waals surface area (Å²) in [5, 5.41) is 8.80. The van der Waals surface area contributed by atoms with Crippen molar-refractivity contribution in [2.24, 2.45) is 0 Å². The Hall–Kier alpha value is -2.61. The number of carbonyl (C=O) groups is 2. The van der Waals surface area contributed by atoms with Crippen molar-refractivity contribution >= 4 is 28.8 Å². The van der Waals surface area contributed by atoms with Crippen LogP contribution in [0.5, 0.6) is 5.75 Å². The van der Waals surface area contributed by atoms with Crippen LogP contribution in [-0.4, -0.2) is 50.0 Å². The van der Waals surface area contributed by atoms with Gasteiger partial charge in [-0.2, -0.15) is 0 Å². The molecule has 1 aromatic carbocycles. The van der Waals surface area contributed by atoms with Crippen molar-refractivity contribution in [2.75, 3.05) is 18.1 Å². The van der Waals surface area contributed by atoms with Crippen molar-refractivity contribution in [1.29, 1.82) is 0 Å². The molecule has 3 unspecified atom stereocenters. The Bertz CT molecular complexity index is 787. The summed E-state index contributed by atoms with van der Waals surface area (Å²) >= 11 is -2.58. The average molecular weight is 396 g/mol. The minimum absolute atomic E-state index is 0.0891. The van der Waals surface area contributed by atoms with Gasteiger partial charge in [-0.3, -0.25) is 14.9 Å². The summed E-state index contributed by atoms with van der Waals surface area (Å²) in [6.07, 6.45) is -1.67. The van der Waals surface area contributed by atoms with Gasteiger partial charge in [0, 0.05) is 12.1 Å². The highest BCUT2D eigenvalue weighted by Crippen LogP contribution is 2.29. The molecule has 0 aliphatic carbocycles. The fourth-order valence-electron chi connectivity index (χ4n) is 2.55. The van der Waals surface area contributed by atoms with Gasteiger partial charge in [-0.1, -0.05) is 5.92 Å². The lowest BCUT2D eigenvalue weighted by molar-refractivity contribution is -0.132. The number of rotatable bonds is 7. The quantitative estimate of drug-likeness (QED) is 0.274. The van der Waals surface area contributed by atoms with Gasteiger partial charge in [0.05, 0.1) is 6.54 Å². The Labute approximate surface area is 158 Å². The van der Waals surface area contributed by atoms with Crippen LogP contribution in [0.2, 0.25) is 0 Å². The van der Waals surface area contributed by atoms with Crippen molar-refractivity contribution in [1.82, 2.24) is 5.48 Å². The van der Waals surface area contributed by atoms with Crippen molar-refractivity contribution in [3.8, 4) is 17.6 Å². The number of nitrogens with zero attached hydrogens (tertiary/aromatic N) is 1. The molecule has 1 fully saturated rings. The molecule has 0 saturated carbocycles. The fourth-order valence-corrected chi connectivity index (χ4v) is 3.08. The van der Waals surface area contributed by atoms with Gasteiger partial charge in [0.1, 0.15) is 18.5 Å². The van der Waals surface area contributed by atoms with E-state index in [1.807, 2.05) is 0 Å². The van der Waals surface area contributed by atoms with Crippen LogP contribution in [0.25, 0.3) is 0 Å². The lowest BCUT2D eigenvalue weighted by atomic mass is 10.0. The third-order valence-corrected chi connectivity index (χ3v) is 5.22. The summed E-state index contributed by atoms with van der Waals surface area (Å²) in [6, 6.07) is 6.70. The number of hydrogen-bond acceptors (Lipinski definition) is 6. The average Bonchev–Trinajstić information content (AvgIpc) is 3.01. The van der Waals surface area contributed by atoms with Crippen LogP contribution in [0.4, 0.5) is 10.5 Å². The number of cyclic esters (lactones) is 1. The number of ether oxygens (including phenoxy) is 2. The highest BCUT2D eigenvalue weighted by molar-refractivity contribution is 7.81. The first-order chi connectivity index (χ1) is 12.8. The molecular weight excluding hydrogens is 376 g/mol. The van der Waals surface area contributed by atoms with Gasteiger partial charge in [-0.05, 0) is 38.1 Å². The number of amides is 2. The predicted molar refractivity (Wildman–Crippen MR) is 96.7 cm³/mol. The van der Waals surface area contributed by atoms with E-state index >= 15 is 0 Å². The van der Waals surface area contributed by atoms with Crippen molar-refractivity contribution in [2.45, 2.75) is 31.1 Å². The molecule has 2 amide bonds. The van der Waals surface area contributed by atoms with E-state index in [4.69, 9.17) is 14.7 Å².